The maximum atomic E-state index is 11.7. The zero-order valence-electron chi connectivity index (χ0n) is 11.9. The lowest BCUT2D eigenvalue weighted by Crippen LogP contribution is -2.49. The van der Waals surface area contributed by atoms with Gasteiger partial charge in [-0.05, 0) is 11.4 Å². The third-order valence-electron chi connectivity index (χ3n) is 2.89. The SMILES string of the molecule is CC(C)(CNC(=O)NC(CC(N)=O)C(=O)O)c1cccs1. The third kappa shape index (κ3) is 5.42. The Morgan fingerprint density at radius 1 is 1.43 bits per heavy atom. The zero-order valence-corrected chi connectivity index (χ0v) is 12.7. The molecule has 1 unspecified atom stereocenters. The van der Waals surface area contributed by atoms with Gasteiger partial charge in [0.15, 0.2) is 0 Å². The molecule has 0 spiro atoms. The minimum atomic E-state index is -1.33. The molecule has 3 amide bonds. The molecular formula is C13H19N3O4S. The van der Waals surface area contributed by atoms with E-state index in [0.29, 0.717) is 6.54 Å². The van der Waals surface area contributed by atoms with Crippen LogP contribution in [0.1, 0.15) is 25.1 Å². The van der Waals surface area contributed by atoms with Crippen LogP contribution in [0, 0.1) is 0 Å². The summed E-state index contributed by atoms with van der Waals surface area (Å²) in [5.74, 6) is -2.09. The van der Waals surface area contributed by atoms with Crippen molar-refractivity contribution in [3.63, 3.8) is 0 Å². The fraction of sp³-hybridized carbons (Fsp3) is 0.462. The molecule has 0 radical (unpaired) electrons. The Labute approximate surface area is 126 Å². The van der Waals surface area contributed by atoms with Gasteiger partial charge in [0.05, 0.1) is 6.42 Å². The molecule has 1 atom stereocenters. The average Bonchev–Trinajstić information content (AvgIpc) is 2.89. The molecule has 0 fully saturated rings. The number of carboxylic acids is 1. The molecule has 21 heavy (non-hydrogen) atoms. The molecule has 1 aromatic heterocycles. The Bertz CT molecular complexity index is 513. The van der Waals surface area contributed by atoms with E-state index < -0.39 is 30.4 Å². The fourth-order valence-corrected chi connectivity index (χ4v) is 2.51. The minimum absolute atomic E-state index is 0.270. The van der Waals surface area contributed by atoms with E-state index in [1.54, 1.807) is 11.3 Å². The first kappa shape index (κ1) is 17.0. The number of amides is 3. The van der Waals surface area contributed by atoms with Crippen LogP contribution in [0.3, 0.4) is 0 Å². The molecule has 8 heteroatoms. The lowest BCUT2D eigenvalue weighted by atomic mass is 9.91. The molecule has 116 valence electrons. The van der Waals surface area contributed by atoms with Gasteiger partial charge in [-0.15, -0.1) is 11.3 Å². The highest BCUT2D eigenvalue weighted by Gasteiger charge is 2.25. The summed E-state index contributed by atoms with van der Waals surface area (Å²) >= 11 is 1.58. The quantitative estimate of drug-likeness (QED) is 0.590. The number of hydrogen-bond acceptors (Lipinski definition) is 4. The number of carbonyl (C=O) groups excluding carboxylic acids is 2. The van der Waals surface area contributed by atoms with Gasteiger partial charge in [0.2, 0.25) is 5.91 Å². The summed E-state index contributed by atoms with van der Waals surface area (Å²) in [5.41, 5.74) is 4.67. The Kier molecular flexibility index (Phi) is 5.71. The van der Waals surface area contributed by atoms with Crippen LogP contribution >= 0.6 is 11.3 Å². The molecule has 0 aliphatic carbocycles. The predicted octanol–water partition coefficient (Wildman–Crippen LogP) is 0.654. The summed E-state index contributed by atoms with van der Waals surface area (Å²) in [5, 5.41) is 15.7. The molecular weight excluding hydrogens is 294 g/mol. The fourth-order valence-electron chi connectivity index (χ4n) is 1.66. The van der Waals surface area contributed by atoms with Gasteiger partial charge in [-0.2, -0.15) is 0 Å². The number of aliphatic carboxylic acids is 1. The number of nitrogens with two attached hydrogens (primary N) is 1. The predicted molar refractivity (Wildman–Crippen MR) is 79.1 cm³/mol. The van der Waals surface area contributed by atoms with E-state index in [9.17, 15) is 14.4 Å². The number of primary amides is 1. The smallest absolute Gasteiger partial charge is 0.326 e. The number of nitrogens with one attached hydrogen (secondary N) is 2. The highest BCUT2D eigenvalue weighted by molar-refractivity contribution is 7.10. The molecule has 0 aromatic carbocycles. The normalized spacial score (nSPS) is 12.5. The number of rotatable bonds is 7. The van der Waals surface area contributed by atoms with E-state index in [1.807, 2.05) is 31.4 Å². The van der Waals surface area contributed by atoms with Gasteiger partial charge in [0.25, 0.3) is 0 Å². The highest BCUT2D eigenvalue weighted by atomic mass is 32.1. The Hall–Kier alpha value is -2.09. The highest BCUT2D eigenvalue weighted by Crippen LogP contribution is 2.26. The Morgan fingerprint density at radius 2 is 2.10 bits per heavy atom. The van der Waals surface area contributed by atoms with E-state index >= 15 is 0 Å². The lowest BCUT2D eigenvalue weighted by Gasteiger charge is -2.24. The summed E-state index contributed by atoms with van der Waals surface area (Å²) in [7, 11) is 0. The summed E-state index contributed by atoms with van der Waals surface area (Å²) in [6.45, 7) is 4.27. The summed E-state index contributed by atoms with van der Waals surface area (Å²) < 4.78 is 0. The molecule has 1 heterocycles. The second kappa shape index (κ2) is 7.07. The first-order valence-corrected chi connectivity index (χ1v) is 7.20. The van der Waals surface area contributed by atoms with Gasteiger partial charge < -0.3 is 21.5 Å². The van der Waals surface area contributed by atoms with E-state index in [-0.39, 0.29) is 5.41 Å². The number of hydrogen-bond donors (Lipinski definition) is 4. The molecule has 0 bridgehead atoms. The van der Waals surface area contributed by atoms with Gasteiger partial charge in [-0.1, -0.05) is 19.9 Å². The molecule has 1 aromatic rings. The molecule has 0 aliphatic heterocycles. The standard InChI is InChI=1S/C13H19N3O4S/c1-13(2,9-4-3-5-21-9)7-15-12(20)16-8(11(18)19)6-10(14)17/h3-5,8H,6-7H2,1-2H3,(H2,14,17)(H,18,19)(H2,15,16,20). The second-order valence-electron chi connectivity index (χ2n) is 5.25. The van der Waals surface area contributed by atoms with Crippen molar-refractivity contribution in [3.05, 3.63) is 22.4 Å². The van der Waals surface area contributed by atoms with Gasteiger partial charge in [-0.3, -0.25) is 4.79 Å². The minimum Gasteiger partial charge on any atom is -0.480 e. The zero-order chi connectivity index (χ0) is 16.0. The van der Waals surface area contributed by atoms with Crippen LogP contribution in [0.4, 0.5) is 4.79 Å². The van der Waals surface area contributed by atoms with E-state index in [2.05, 4.69) is 10.6 Å². The van der Waals surface area contributed by atoms with Crippen molar-refractivity contribution in [2.24, 2.45) is 5.73 Å². The van der Waals surface area contributed by atoms with Crippen LogP contribution in [0.25, 0.3) is 0 Å². The van der Waals surface area contributed by atoms with Crippen LogP contribution in [-0.2, 0) is 15.0 Å². The van der Waals surface area contributed by atoms with Gasteiger partial charge in [-0.25, -0.2) is 9.59 Å². The van der Waals surface area contributed by atoms with Crippen molar-refractivity contribution in [1.82, 2.24) is 10.6 Å². The molecule has 0 saturated carbocycles. The average molecular weight is 313 g/mol. The van der Waals surface area contributed by atoms with Crippen molar-refractivity contribution < 1.29 is 19.5 Å². The van der Waals surface area contributed by atoms with Crippen LogP contribution in [-0.4, -0.2) is 35.6 Å². The van der Waals surface area contributed by atoms with Crippen LogP contribution in [0.15, 0.2) is 17.5 Å². The molecule has 5 N–H and O–H groups in total. The van der Waals surface area contributed by atoms with Gasteiger partial charge >= 0.3 is 12.0 Å². The van der Waals surface area contributed by atoms with Crippen molar-refractivity contribution in [2.45, 2.75) is 31.7 Å². The number of urea groups is 1. The summed E-state index contributed by atoms with van der Waals surface area (Å²) in [6, 6.07) is 1.92. The van der Waals surface area contributed by atoms with Crippen molar-refractivity contribution in [2.75, 3.05) is 6.54 Å². The number of carboxylic acid groups (broad SMARTS) is 1. The van der Waals surface area contributed by atoms with Crippen LogP contribution in [0.2, 0.25) is 0 Å². The Balaban J connectivity index is 2.53. The molecule has 1 rings (SSSR count). The van der Waals surface area contributed by atoms with Crippen molar-refractivity contribution in [1.29, 1.82) is 0 Å². The molecule has 0 aliphatic rings. The number of thiophene rings is 1. The monoisotopic (exact) mass is 313 g/mol. The maximum absolute atomic E-state index is 11.7. The van der Waals surface area contributed by atoms with Crippen LogP contribution in [0.5, 0.6) is 0 Å². The van der Waals surface area contributed by atoms with Crippen LogP contribution < -0.4 is 16.4 Å². The number of carbonyl (C=O) groups is 3. The topological polar surface area (TPSA) is 122 Å². The van der Waals surface area contributed by atoms with E-state index in [0.717, 1.165) is 4.88 Å². The Morgan fingerprint density at radius 3 is 2.57 bits per heavy atom. The second-order valence-corrected chi connectivity index (χ2v) is 6.20. The van der Waals surface area contributed by atoms with Gasteiger partial charge in [0, 0.05) is 16.8 Å². The third-order valence-corrected chi connectivity index (χ3v) is 4.12. The first-order chi connectivity index (χ1) is 9.72. The van der Waals surface area contributed by atoms with Gasteiger partial charge in [0.1, 0.15) is 6.04 Å². The van der Waals surface area contributed by atoms with Crippen molar-refractivity contribution >= 4 is 29.2 Å². The molecule has 0 saturated heterocycles. The maximum Gasteiger partial charge on any atom is 0.326 e. The lowest BCUT2D eigenvalue weighted by molar-refractivity contribution is -0.140. The van der Waals surface area contributed by atoms with E-state index in [1.165, 1.54) is 0 Å². The summed E-state index contributed by atoms with van der Waals surface area (Å²) in [6.07, 6.45) is -0.447. The first-order valence-electron chi connectivity index (χ1n) is 6.32. The largest absolute Gasteiger partial charge is 0.480 e. The summed E-state index contributed by atoms with van der Waals surface area (Å²) in [4.78, 5) is 34.5. The van der Waals surface area contributed by atoms with Crippen molar-refractivity contribution in [3.8, 4) is 0 Å². The molecule has 7 nitrogen and oxygen atoms in total. The van der Waals surface area contributed by atoms with E-state index in [4.69, 9.17) is 10.8 Å².